The number of rotatable bonds is 3. The van der Waals surface area contributed by atoms with Gasteiger partial charge in [0.1, 0.15) is 0 Å². The molecule has 0 spiro atoms. The van der Waals surface area contributed by atoms with Gasteiger partial charge in [0, 0.05) is 0 Å². The standard InChI is InChI=1S/C21H25P/c1-3-10-18(11-4-1)22(19-12-5-2-6-13-19)21-16-15-17-9-7-8-14-20(17)21/h1-6,10-13,17,20-21H,7-9,14-16H2. The zero-order valence-electron chi connectivity index (χ0n) is 13.2. The van der Waals surface area contributed by atoms with Crippen LogP contribution in [0.1, 0.15) is 38.5 Å². The second kappa shape index (κ2) is 6.55. The van der Waals surface area contributed by atoms with Crippen LogP contribution in [-0.4, -0.2) is 5.66 Å². The third kappa shape index (κ3) is 2.74. The van der Waals surface area contributed by atoms with E-state index in [4.69, 9.17) is 0 Å². The molecule has 2 aliphatic rings. The Morgan fingerprint density at radius 2 is 1.23 bits per heavy atom. The smallest absolute Gasteiger partial charge is 0.00977 e. The van der Waals surface area contributed by atoms with Crippen molar-refractivity contribution in [3.05, 3.63) is 60.7 Å². The Labute approximate surface area is 135 Å². The molecule has 0 bridgehead atoms. The van der Waals surface area contributed by atoms with E-state index in [1.54, 1.807) is 10.6 Å². The number of hydrogen-bond acceptors (Lipinski definition) is 0. The van der Waals surface area contributed by atoms with Gasteiger partial charge in [-0.2, -0.15) is 0 Å². The van der Waals surface area contributed by atoms with Gasteiger partial charge in [-0.15, -0.1) is 0 Å². The lowest BCUT2D eigenvalue weighted by Gasteiger charge is -2.34. The number of hydrogen-bond donors (Lipinski definition) is 0. The van der Waals surface area contributed by atoms with Gasteiger partial charge < -0.3 is 0 Å². The zero-order valence-corrected chi connectivity index (χ0v) is 14.1. The molecule has 0 nitrogen and oxygen atoms in total. The summed E-state index contributed by atoms with van der Waals surface area (Å²) in [6.45, 7) is 0. The average Bonchev–Trinajstić information content (AvgIpc) is 3.01. The molecule has 22 heavy (non-hydrogen) atoms. The first-order valence-corrected chi connectivity index (χ1v) is 10.2. The Hall–Kier alpha value is -1.13. The first-order valence-electron chi connectivity index (χ1n) is 8.83. The summed E-state index contributed by atoms with van der Waals surface area (Å²) in [6.07, 6.45) is 8.84. The Morgan fingerprint density at radius 3 is 1.86 bits per heavy atom. The van der Waals surface area contributed by atoms with Crippen molar-refractivity contribution >= 4 is 18.5 Å². The van der Waals surface area contributed by atoms with E-state index in [1.165, 1.54) is 38.5 Å². The maximum absolute atomic E-state index is 2.37. The van der Waals surface area contributed by atoms with Crippen LogP contribution >= 0.6 is 7.92 Å². The van der Waals surface area contributed by atoms with Gasteiger partial charge >= 0.3 is 0 Å². The number of benzene rings is 2. The van der Waals surface area contributed by atoms with Crippen LogP contribution in [0.25, 0.3) is 0 Å². The molecule has 0 saturated heterocycles. The van der Waals surface area contributed by atoms with E-state index in [2.05, 4.69) is 60.7 Å². The molecule has 2 fully saturated rings. The lowest BCUT2D eigenvalue weighted by atomic mass is 9.82. The molecule has 0 aromatic heterocycles. The predicted molar refractivity (Wildman–Crippen MR) is 97.5 cm³/mol. The van der Waals surface area contributed by atoms with Crippen molar-refractivity contribution < 1.29 is 0 Å². The van der Waals surface area contributed by atoms with Crippen LogP contribution in [-0.2, 0) is 0 Å². The van der Waals surface area contributed by atoms with Crippen molar-refractivity contribution in [1.29, 1.82) is 0 Å². The molecule has 114 valence electrons. The third-order valence-corrected chi connectivity index (χ3v) is 8.71. The van der Waals surface area contributed by atoms with Crippen molar-refractivity contribution in [2.24, 2.45) is 11.8 Å². The Morgan fingerprint density at radius 1 is 0.636 bits per heavy atom. The minimum Gasteiger partial charge on any atom is -0.0622 e. The van der Waals surface area contributed by atoms with Gasteiger partial charge in [-0.3, -0.25) is 0 Å². The SMILES string of the molecule is c1ccc(P(c2ccccc2)C2CCC3CCCCC32)cc1. The van der Waals surface area contributed by atoms with Gasteiger partial charge in [-0.1, -0.05) is 79.9 Å². The Bertz CT molecular complexity index is 552. The average molecular weight is 308 g/mol. The minimum absolute atomic E-state index is 0.196. The van der Waals surface area contributed by atoms with Crippen LogP contribution < -0.4 is 10.6 Å². The topological polar surface area (TPSA) is 0 Å². The van der Waals surface area contributed by atoms with Crippen LogP contribution in [0.15, 0.2) is 60.7 Å². The minimum atomic E-state index is -0.196. The van der Waals surface area contributed by atoms with Crippen LogP contribution in [0.4, 0.5) is 0 Å². The van der Waals surface area contributed by atoms with Crippen molar-refractivity contribution in [1.82, 2.24) is 0 Å². The van der Waals surface area contributed by atoms with Crippen molar-refractivity contribution in [2.45, 2.75) is 44.2 Å². The summed E-state index contributed by atoms with van der Waals surface area (Å²) < 4.78 is 0. The molecule has 4 rings (SSSR count). The van der Waals surface area contributed by atoms with Crippen molar-refractivity contribution in [3.8, 4) is 0 Å². The van der Waals surface area contributed by atoms with E-state index in [1.807, 2.05) is 0 Å². The van der Waals surface area contributed by atoms with Crippen LogP contribution in [0.2, 0.25) is 0 Å². The maximum Gasteiger partial charge on any atom is -0.00977 e. The summed E-state index contributed by atoms with van der Waals surface area (Å²) in [5, 5.41) is 3.17. The van der Waals surface area contributed by atoms with E-state index in [0.29, 0.717) is 0 Å². The maximum atomic E-state index is 2.37. The molecule has 0 aliphatic heterocycles. The second-order valence-corrected chi connectivity index (χ2v) is 9.33. The molecule has 0 amide bonds. The van der Waals surface area contributed by atoms with E-state index in [9.17, 15) is 0 Å². The first-order chi connectivity index (χ1) is 10.9. The highest BCUT2D eigenvalue weighted by molar-refractivity contribution is 7.73. The van der Waals surface area contributed by atoms with Crippen LogP contribution in [0, 0.1) is 11.8 Å². The van der Waals surface area contributed by atoms with Gasteiger partial charge in [0.25, 0.3) is 0 Å². The van der Waals surface area contributed by atoms with Gasteiger partial charge in [0.05, 0.1) is 0 Å². The summed E-state index contributed by atoms with van der Waals surface area (Å²) in [7, 11) is -0.196. The first kappa shape index (κ1) is 14.5. The molecule has 3 unspecified atom stereocenters. The molecule has 2 saturated carbocycles. The summed E-state index contributed by atoms with van der Waals surface area (Å²) >= 11 is 0. The Kier molecular flexibility index (Phi) is 4.30. The highest BCUT2D eigenvalue weighted by atomic mass is 31.1. The number of fused-ring (bicyclic) bond motifs is 1. The largest absolute Gasteiger partial charge is 0.0622 e. The summed E-state index contributed by atoms with van der Waals surface area (Å²) in [6, 6.07) is 22.7. The van der Waals surface area contributed by atoms with Gasteiger partial charge in [-0.25, -0.2) is 0 Å². The fourth-order valence-corrected chi connectivity index (χ4v) is 7.96. The molecule has 0 heterocycles. The normalized spacial score (nSPS) is 27.8. The summed E-state index contributed by atoms with van der Waals surface area (Å²) in [5.74, 6) is 2.01. The molecule has 0 N–H and O–H groups in total. The Balaban J connectivity index is 1.72. The van der Waals surface area contributed by atoms with Gasteiger partial charge in [0.15, 0.2) is 0 Å². The summed E-state index contributed by atoms with van der Waals surface area (Å²) in [5.41, 5.74) is 0.907. The zero-order chi connectivity index (χ0) is 14.8. The lowest BCUT2D eigenvalue weighted by Crippen LogP contribution is -2.28. The third-order valence-electron chi connectivity index (χ3n) is 5.70. The molecule has 2 aliphatic carbocycles. The molecular weight excluding hydrogens is 283 g/mol. The molecule has 0 radical (unpaired) electrons. The highest BCUT2D eigenvalue weighted by Gasteiger charge is 2.41. The molecular formula is C21H25P. The van der Waals surface area contributed by atoms with Crippen molar-refractivity contribution in [2.75, 3.05) is 0 Å². The van der Waals surface area contributed by atoms with Crippen LogP contribution in [0.5, 0.6) is 0 Å². The van der Waals surface area contributed by atoms with E-state index in [-0.39, 0.29) is 7.92 Å². The predicted octanol–water partition coefficient (Wildman–Crippen LogP) is 5.09. The van der Waals surface area contributed by atoms with E-state index < -0.39 is 0 Å². The quantitative estimate of drug-likeness (QED) is 0.693. The highest BCUT2D eigenvalue weighted by Crippen LogP contribution is 2.55. The van der Waals surface area contributed by atoms with E-state index >= 15 is 0 Å². The van der Waals surface area contributed by atoms with Crippen molar-refractivity contribution in [3.63, 3.8) is 0 Å². The fraction of sp³-hybridized carbons (Fsp3) is 0.429. The molecule has 2 aromatic rings. The molecule has 1 heteroatoms. The molecule has 3 atom stereocenters. The summed E-state index contributed by atoms with van der Waals surface area (Å²) in [4.78, 5) is 0. The van der Waals surface area contributed by atoms with Gasteiger partial charge in [0.2, 0.25) is 0 Å². The second-order valence-electron chi connectivity index (χ2n) is 6.89. The lowest BCUT2D eigenvalue weighted by molar-refractivity contribution is 0.280. The fourth-order valence-electron chi connectivity index (χ4n) is 4.73. The molecule has 2 aromatic carbocycles. The van der Waals surface area contributed by atoms with E-state index in [0.717, 1.165) is 17.5 Å². The van der Waals surface area contributed by atoms with Gasteiger partial charge in [-0.05, 0) is 55.3 Å². The monoisotopic (exact) mass is 308 g/mol. The van der Waals surface area contributed by atoms with Crippen LogP contribution in [0.3, 0.4) is 0 Å².